The molecule has 1 heterocycles. The molecule has 0 unspecified atom stereocenters. The lowest BCUT2D eigenvalue weighted by Crippen LogP contribution is -2.30. The van der Waals surface area contributed by atoms with Gasteiger partial charge in [0.1, 0.15) is 0 Å². The minimum Gasteiger partial charge on any atom is -0.373 e. The van der Waals surface area contributed by atoms with Gasteiger partial charge in [-0.25, -0.2) is 8.78 Å². The highest BCUT2D eigenvalue weighted by Gasteiger charge is 2.20. The maximum atomic E-state index is 12.2. The van der Waals surface area contributed by atoms with Crippen molar-refractivity contribution in [2.24, 2.45) is 5.92 Å². The molecule has 0 amide bonds. The molecule has 1 nitrogen and oxygen atoms in total. The second kappa shape index (κ2) is 4.11. The van der Waals surface area contributed by atoms with Gasteiger partial charge in [-0.2, -0.15) is 0 Å². The summed E-state index contributed by atoms with van der Waals surface area (Å²) in [5.41, 5.74) is 0.162. The van der Waals surface area contributed by atoms with Crippen LogP contribution in [0.1, 0.15) is 19.3 Å². The summed E-state index contributed by atoms with van der Waals surface area (Å²) in [7, 11) is 0. The van der Waals surface area contributed by atoms with Crippen LogP contribution in [0.2, 0.25) is 0 Å². The van der Waals surface area contributed by atoms with Crippen LogP contribution in [0, 0.1) is 5.92 Å². The van der Waals surface area contributed by atoms with Gasteiger partial charge in [-0.05, 0) is 31.0 Å². The molecule has 14 heavy (non-hydrogen) atoms. The summed E-state index contributed by atoms with van der Waals surface area (Å²) in [6, 6.07) is 0. The predicted molar refractivity (Wildman–Crippen MR) is 52.1 cm³/mol. The average molecular weight is 199 g/mol. The van der Waals surface area contributed by atoms with E-state index in [0.29, 0.717) is 6.54 Å². The van der Waals surface area contributed by atoms with E-state index in [9.17, 15) is 8.78 Å². The molecule has 0 aromatic rings. The standard InChI is InChI=1S/C11H15F2N/c12-11(13)10-4-6-14(7-5-10)8-9-2-1-3-9/h4-6,9,11H,1-3,7-8H2. The molecule has 0 saturated heterocycles. The largest absolute Gasteiger partial charge is 0.373 e. The van der Waals surface area contributed by atoms with Crippen molar-refractivity contribution < 1.29 is 8.78 Å². The van der Waals surface area contributed by atoms with E-state index >= 15 is 0 Å². The van der Waals surface area contributed by atoms with Crippen LogP contribution >= 0.6 is 0 Å². The number of hydrogen-bond acceptors (Lipinski definition) is 1. The number of nitrogens with zero attached hydrogens (tertiary/aromatic N) is 1. The lowest BCUT2D eigenvalue weighted by atomic mass is 9.85. The zero-order chi connectivity index (χ0) is 9.97. The van der Waals surface area contributed by atoms with E-state index in [1.807, 2.05) is 0 Å². The molecule has 3 heteroatoms. The predicted octanol–water partition coefficient (Wildman–Crippen LogP) is 2.81. The van der Waals surface area contributed by atoms with Crippen LogP contribution in [0.3, 0.4) is 0 Å². The SMILES string of the molecule is FC(F)C1=CCN(CC2CCC2)C=C1. The molecule has 1 aliphatic heterocycles. The minimum absolute atomic E-state index is 0.162. The van der Waals surface area contributed by atoms with Crippen molar-refractivity contribution in [3.05, 3.63) is 23.9 Å². The molecule has 2 rings (SSSR count). The second-order valence-corrected chi connectivity index (χ2v) is 4.07. The normalized spacial score (nSPS) is 22.5. The molecular weight excluding hydrogens is 184 g/mol. The van der Waals surface area contributed by atoms with Crippen molar-refractivity contribution in [2.75, 3.05) is 13.1 Å². The van der Waals surface area contributed by atoms with Crippen molar-refractivity contribution in [1.82, 2.24) is 4.90 Å². The van der Waals surface area contributed by atoms with Gasteiger partial charge >= 0.3 is 0 Å². The highest BCUT2D eigenvalue weighted by Crippen LogP contribution is 2.28. The molecule has 1 aliphatic carbocycles. The summed E-state index contributed by atoms with van der Waals surface area (Å²) < 4.78 is 24.5. The van der Waals surface area contributed by atoms with E-state index < -0.39 is 6.43 Å². The van der Waals surface area contributed by atoms with Crippen LogP contribution in [0.25, 0.3) is 0 Å². The maximum absolute atomic E-state index is 12.2. The van der Waals surface area contributed by atoms with Crippen LogP contribution in [0.15, 0.2) is 23.9 Å². The fourth-order valence-corrected chi connectivity index (χ4v) is 1.85. The fraction of sp³-hybridized carbons (Fsp3) is 0.636. The summed E-state index contributed by atoms with van der Waals surface area (Å²) in [5, 5.41) is 0. The number of hydrogen-bond donors (Lipinski definition) is 0. The first-order valence-corrected chi connectivity index (χ1v) is 5.16. The van der Waals surface area contributed by atoms with Crippen LogP contribution in [0.5, 0.6) is 0 Å². The molecule has 0 atom stereocenters. The van der Waals surface area contributed by atoms with Gasteiger partial charge < -0.3 is 4.90 Å². The van der Waals surface area contributed by atoms with Gasteiger partial charge in [0.05, 0.1) is 0 Å². The topological polar surface area (TPSA) is 3.24 Å². The smallest absolute Gasteiger partial charge is 0.263 e. The van der Waals surface area contributed by atoms with Gasteiger partial charge in [0.2, 0.25) is 0 Å². The monoisotopic (exact) mass is 199 g/mol. The maximum Gasteiger partial charge on any atom is 0.263 e. The summed E-state index contributed by atoms with van der Waals surface area (Å²) in [4.78, 5) is 2.12. The van der Waals surface area contributed by atoms with Gasteiger partial charge in [-0.3, -0.25) is 0 Å². The van der Waals surface area contributed by atoms with Crippen molar-refractivity contribution in [3.8, 4) is 0 Å². The first-order valence-electron chi connectivity index (χ1n) is 5.16. The molecule has 0 bridgehead atoms. The van der Waals surface area contributed by atoms with Crippen molar-refractivity contribution in [3.63, 3.8) is 0 Å². The molecule has 0 aromatic carbocycles. The number of rotatable bonds is 3. The van der Waals surface area contributed by atoms with Crippen LogP contribution < -0.4 is 0 Å². The number of halogens is 2. The molecule has 1 saturated carbocycles. The third kappa shape index (κ3) is 2.14. The minimum atomic E-state index is -2.32. The van der Waals surface area contributed by atoms with Crippen molar-refractivity contribution >= 4 is 0 Å². The fourth-order valence-electron chi connectivity index (χ4n) is 1.85. The highest BCUT2D eigenvalue weighted by atomic mass is 19.3. The number of allylic oxidation sites excluding steroid dienone is 2. The average Bonchev–Trinajstić information content (AvgIpc) is 2.12. The van der Waals surface area contributed by atoms with Gasteiger partial charge in [-0.1, -0.05) is 12.5 Å². The van der Waals surface area contributed by atoms with E-state index in [1.54, 1.807) is 12.3 Å². The van der Waals surface area contributed by atoms with E-state index in [4.69, 9.17) is 0 Å². The molecule has 0 radical (unpaired) electrons. The van der Waals surface area contributed by atoms with Gasteiger partial charge in [0, 0.05) is 18.7 Å². The van der Waals surface area contributed by atoms with Crippen molar-refractivity contribution in [1.29, 1.82) is 0 Å². The Hall–Kier alpha value is -0.860. The third-order valence-corrected chi connectivity index (χ3v) is 3.01. The van der Waals surface area contributed by atoms with Crippen LogP contribution in [-0.4, -0.2) is 24.4 Å². The molecule has 78 valence electrons. The van der Waals surface area contributed by atoms with Crippen LogP contribution in [-0.2, 0) is 0 Å². The quantitative estimate of drug-likeness (QED) is 0.675. The lowest BCUT2D eigenvalue weighted by Gasteiger charge is -2.32. The van der Waals surface area contributed by atoms with Gasteiger partial charge in [-0.15, -0.1) is 0 Å². The molecule has 2 aliphatic rings. The first kappa shape index (κ1) is 9.69. The Morgan fingerprint density at radius 1 is 1.43 bits per heavy atom. The highest BCUT2D eigenvalue weighted by molar-refractivity contribution is 5.24. The third-order valence-electron chi connectivity index (χ3n) is 3.01. The van der Waals surface area contributed by atoms with Crippen LogP contribution in [0.4, 0.5) is 8.78 Å². The van der Waals surface area contributed by atoms with E-state index in [2.05, 4.69) is 4.90 Å². The molecular formula is C11H15F2N. The summed E-state index contributed by atoms with van der Waals surface area (Å²) in [6.07, 6.45) is 6.58. The Morgan fingerprint density at radius 3 is 2.64 bits per heavy atom. The van der Waals surface area contributed by atoms with Gasteiger partial charge in [0.15, 0.2) is 0 Å². The van der Waals surface area contributed by atoms with E-state index in [-0.39, 0.29) is 5.57 Å². The Bertz CT molecular complexity index is 254. The van der Waals surface area contributed by atoms with Crippen molar-refractivity contribution in [2.45, 2.75) is 25.7 Å². The molecule has 0 N–H and O–H groups in total. The number of alkyl halides is 2. The zero-order valence-electron chi connectivity index (χ0n) is 8.13. The Labute approximate surface area is 83.1 Å². The summed E-state index contributed by atoms with van der Waals surface area (Å²) in [5.74, 6) is 0.793. The first-order chi connectivity index (χ1) is 6.75. The van der Waals surface area contributed by atoms with Gasteiger partial charge in [0.25, 0.3) is 6.43 Å². The second-order valence-electron chi connectivity index (χ2n) is 4.07. The Balaban J connectivity index is 1.81. The Morgan fingerprint density at radius 2 is 2.21 bits per heavy atom. The lowest BCUT2D eigenvalue weighted by molar-refractivity contribution is 0.189. The molecule has 1 fully saturated rings. The summed E-state index contributed by atoms with van der Waals surface area (Å²) in [6.45, 7) is 1.68. The van der Waals surface area contributed by atoms with E-state index in [0.717, 1.165) is 12.5 Å². The molecule has 0 spiro atoms. The summed E-state index contributed by atoms with van der Waals surface area (Å²) >= 11 is 0. The Kier molecular flexibility index (Phi) is 2.85. The molecule has 0 aromatic heterocycles. The van der Waals surface area contributed by atoms with E-state index in [1.165, 1.54) is 25.3 Å². The zero-order valence-corrected chi connectivity index (χ0v) is 8.13.